The zero-order chi connectivity index (χ0) is 19.7. The summed E-state index contributed by atoms with van der Waals surface area (Å²) in [6.07, 6.45) is 6.43. The first kappa shape index (κ1) is 19.4. The van der Waals surface area contributed by atoms with E-state index in [-0.39, 0.29) is 17.7 Å². The molecule has 3 fully saturated rings. The van der Waals surface area contributed by atoms with Gasteiger partial charge in [-0.05, 0) is 76.1 Å². The fourth-order valence-corrected chi connectivity index (χ4v) is 4.69. The molecule has 0 spiro atoms. The van der Waals surface area contributed by atoms with Crippen molar-refractivity contribution in [3.63, 3.8) is 0 Å². The van der Waals surface area contributed by atoms with Crippen molar-refractivity contribution in [1.82, 2.24) is 15.1 Å². The quantitative estimate of drug-likeness (QED) is 0.870. The van der Waals surface area contributed by atoms with E-state index in [0.29, 0.717) is 12.1 Å². The Morgan fingerprint density at radius 1 is 1.00 bits per heavy atom. The highest BCUT2D eigenvalue weighted by molar-refractivity contribution is 5.96. The van der Waals surface area contributed by atoms with Gasteiger partial charge >= 0.3 is 0 Å². The molecular weight excluding hydrogens is 350 g/mol. The van der Waals surface area contributed by atoms with Crippen LogP contribution in [0, 0.1) is 19.8 Å². The number of nitrogens with zero attached hydrogens (tertiary/aromatic N) is 2. The van der Waals surface area contributed by atoms with Gasteiger partial charge in [-0.15, -0.1) is 0 Å². The molecule has 1 atom stereocenters. The van der Waals surface area contributed by atoms with Crippen molar-refractivity contribution < 1.29 is 9.59 Å². The van der Waals surface area contributed by atoms with E-state index in [4.69, 9.17) is 0 Å². The summed E-state index contributed by atoms with van der Waals surface area (Å²) in [6.45, 7) is 7.69. The number of aryl methyl sites for hydroxylation is 1. The highest BCUT2D eigenvalue weighted by atomic mass is 16.2. The van der Waals surface area contributed by atoms with E-state index in [9.17, 15) is 9.59 Å². The second-order valence-corrected chi connectivity index (χ2v) is 8.89. The Morgan fingerprint density at radius 3 is 2.46 bits per heavy atom. The van der Waals surface area contributed by atoms with E-state index >= 15 is 0 Å². The minimum atomic E-state index is 0.143. The van der Waals surface area contributed by atoms with Crippen molar-refractivity contribution in [3.8, 4) is 0 Å². The maximum Gasteiger partial charge on any atom is 0.254 e. The lowest BCUT2D eigenvalue weighted by Crippen LogP contribution is -2.51. The number of likely N-dealkylation sites (tertiary alicyclic amines) is 2. The molecule has 0 unspecified atom stereocenters. The number of carbonyl (C=O) groups is 2. The number of piperidine rings is 2. The Morgan fingerprint density at radius 2 is 1.75 bits per heavy atom. The normalized spacial score (nSPS) is 24.2. The molecule has 152 valence electrons. The van der Waals surface area contributed by atoms with Gasteiger partial charge in [0, 0.05) is 37.3 Å². The fourth-order valence-electron chi connectivity index (χ4n) is 4.69. The molecule has 2 aliphatic heterocycles. The van der Waals surface area contributed by atoms with Crippen LogP contribution in [0.5, 0.6) is 0 Å². The van der Waals surface area contributed by atoms with Crippen molar-refractivity contribution >= 4 is 11.8 Å². The third-order valence-corrected chi connectivity index (χ3v) is 6.85. The van der Waals surface area contributed by atoms with E-state index in [1.165, 1.54) is 5.56 Å². The standard InChI is InChI=1S/C23H33N3O2/c1-16-5-3-7-21(17(16)2)23(28)25-13-10-20(11-14-25)26-12-4-6-18(15-26)22(27)24-19-8-9-19/h3,5,7,18-20H,4,6,8-15H2,1-2H3,(H,24,27)/t18-/m0/s1. The lowest BCUT2D eigenvalue weighted by atomic mass is 9.93. The number of benzene rings is 1. The van der Waals surface area contributed by atoms with Crippen LogP contribution in [-0.2, 0) is 4.79 Å². The third-order valence-electron chi connectivity index (χ3n) is 6.85. The van der Waals surface area contributed by atoms with Gasteiger partial charge in [-0.1, -0.05) is 12.1 Å². The maximum absolute atomic E-state index is 13.0. The van der Waals surface area contributed by atoms with E-state index in [1.54, 1.807) is 0 Å². The molecule has 1 aromatic carbocycles. The summed E-state index contributed by atoms with van der Waals surface area (Å²) in [4.78, 5) is 29.9. The van der Waals surface area contributed by atoms with Crippen LogP contribution in [-0.4, -0.2) is 59.9 Å². The number of hydrogen-bond acceptors (Lipinski definition) is 3. The zero-order valence-electron chi connectivity index (χ0n) is 17.2. The molecule has 2 heterocycles. The fraction of sp³-hybridized carbons (Fsp3) is 0.652. The van der Waals surface area contributed by atoms with Gasteiger partial charge in [0.25, 0.3) is 5.91 Å². The van der Waals surface area contributed by atoms with Gasteiger partial charge in [0.1, 0.15) is 0 Å². The molecule has 3 aliphatic rings. The van der Waals surface area contributed by atoms with Crippen LogP contribution in [0.1, 0.15) is 60.0 Å². The molecule has 2 amide bonds. The van der Waals surface area contributed by atoms with E-state index < -0.39 is 0 Å². The second kappa shape index (κ2) is 8.24. The minimum absolute atomic E-state index is 0.143. The summed E-state index contributed by atoms with van der Waals surface area (Å²) in [5, 5.41) is 3.18. The van der Waals surface area contributed by atoms with E-state index in [0.717, 1.165) is 75.8 Å². The lowest BCUT2D eigenvalue weighted by Gasteiger charge is -2.42. The zero-order valence-corrected chi connectivity index (χ0v) is 17.2. The molecule has 1 N–H and O–H groups in total. The minimum Gasteiger partial charge on any atom is -0.353 e. The SMILES string of the molecule is Cc1cccc(C(=O)N2CCC(N3CCC[C@H](C(=O)NC4CC4)C3)CC2)c1C. The molecule has 28 heavy (non-hydrogen) atoms. The van der Waals surface area contributed by atoms with Crippen LogP contribution in [0.4, 0.5) is 0 Å². The van der Waals surface area contributed by atoms with Crippen molar-refractivity contribution in [3.05, 3.63) is 34.9 Å². The van der Waals surface area contributed by atoms with Crippen molar-refractivity contribution in [2.45, 2.75) is 64.5 Å². The van der Waals surface area contributed by atoms with Crippen LogP contribution in [0.15, 0.2) is 18.2 Å². The topological polar surface area (TPSA) is 52.7 Å². The number of amides is 2. The lowest BCUT2D eigenvalue weighted by molar-refractivity contribution is -0.127. The molecule has 1 aliphatic carbocycles. The van der Waals surface area contributed by atoms with Crippen molar-refractivity contribution in [2.24, 2.45) is 5.92 Å². The highest BCUT2D eigenvalue weighted by Crippen LogP contribution is 2.26. The summed E-state index contributed by atoms with van der Waals surface area (Å²) < 4.78 is 0. The number of hydrogen-bond donors (Lipinski definition) is 1. The van der Waals surface area contributed by atoms with E-state index in [1.807, 2.05) is 24.0 Å². The maximum atomic E-state index is 13.0. The molecule has 0 aromatic heterocycles. The summed E-state index contributed by atoms with van der Waals surface area (Å²) in [5.74, 6) is 0.568. The molecular formula is C23H33N3O2. The Bertz CT molecular complexity index is 735. The van der Waals surface area contributed by atoms with Gasteiger partial charge in [0.15, 0.2) is 0 Å². The molecule has 4 rings (SSSR count). The predicted molar refractivity (Wildman–Crippen MR) is 110 cm³/mol. The average molecular weight is 384 g/mol. The van der Waals surface area contributed by atoms with Crippen molar-refractivity contribution in [1.29, 1.82) is 0 Å². The van der Waals surface area contributed by atoms with Crippen LogP contribution >= 0.6 is 0 Å². The smallest absolute Gasteiger partial charge is 0.254 e. The Hall–Kier alpha value is -1.88. The van der Waals surface area contributed by atoms with Gasteiger partial charge < -0.3 is 10.2 Å². The Balaban J connectivity index is 1.31. The van der Waals surface area contributed by atoms with Crippen LogP contribution in [0.25, 0.3) is 0 Å². The van der Waals surface area contributed by atoms with Crippen LogP contribution < -0.4 is 5.32 Å². The third kappa shape index (κ3) is 4.24. The summed E-state index contributed by atoms with van der Waals surface area (Å²) in [5.41, 5.74) is 3.10. The van der Waals surface area contributed by atoms with Gasteiger partial charge in [-0.25, -0.2) is 0 Å². The molecule has 0 radical (unpaired) electrons. The first-order valence-electron chi connectivity index (χ1n) is 10.9. The van der Waals surface area contributed by atoms with Crippen molar-refractivity contribution in [2.75, 3.05) is 26.2 Å². The monoisotopic (exact) mass is 383 g/mol. The predicted octanol–water partition coefficient (Wildman–Crippen LogP) is 2.90. The second-order valence-electron chi connectivity index (χ2n) is 8.89. The summed E-state index contributed by atoms with van der Waals surface area (Å²) >= 11 is 0. The molecule has 1 aromatic rings. The molecule has 1 saturated carbocycles. The van der Waals surface area contributed by atoms with Gasteiger partial charge in [-0.3, -0.25) is 14.5 Å². The van der Waals surface area contributed by atoms with E-state index in [2.05, 4.69) is 23.2 Å². The highest BCUT2D eigenvalue weighted by Gasteiger charge is 2.34. The average Bonchev–Trinajstić information content (AvgIpc) is 3.54. The largest absolute Gasteiger partial charge is 0.353 e. The number of nitrogens with one attached hydrogen (secondary N) is 1. The Labute approximate surface area is 168 Å². The van der Waals surface area contributed by atoms with Gasteiger partial charge in [0.05, 0.1) is 5.92 Å². The first-order valence-corrected chi connectivity index (χ1v) is 10.9. The summed E-state index contributed by atoms with van der Waals surface area (Å²) in [6, 6.07) is 6.93. The molecule has 5 nitrogen and oxygen atoms in total. The van der Waals surface area contributed by atoms with Crippen LogP contribution in [0.3, 0.4) is 0 Å². The molecule has 0 bridgehead atoms. The van der Waals surface area contributed by atoms with Gasteiger partial charge in [0.2, 0.25) is 5.91 Å². The molecule has 5 heteroatoms. The number of rotatable bonds is 4. The van der Waals surface area contributed by atoms with Crippen LogP contribution in [0.2, 0.25) is 0 Å². The number of carbonyl (C=O) groups excluding carboxylic acids is 2. The Kier molecular flexibility index (Phi) is 5.72. The molecule has 2 saturated heterocycles. The summed E-state index contributed by atoms with van der Waals surface area (Å²) in [7, 11) is 0. The van der Waals surface area contributed by atoms with Gasteiger partial charge in [-0.2, -0.15) is 0 Å². The first-order chi connectivity index (χ1) is 13.5.